The first-order valence-electron chi connectivity index (χ1n) is 5.74. The molecule has 0 bridgehead atoms. The zero-order valence-corrected chi connectivity index (χ0v) is 11.2. The molecular weight excluding hydrogens is 290 g/mol. The normalized spacial score (nSPS) is 10.7. The van der Waals surface area contributed by atoms with Crippen molar-refractivity contribution < 1.29 is 0 Å². The van der Waals surface area contributed by atoms with Crippen LogP contribution in [0.3, 0.4) is 0 Å². The van der Waals surface area contributed by atoms with E-state index in [0.717, 1.165) is 28.0 Å². The first-order chi connectivity index (χ1) is 8.81. The van der Waals surface area contributed by atoms with E-state index < -0.39 is 0 Å². The second-order valence-corrected chi connectivity index (χ2v) is 5.00. The third-order valence-electron chi connectivity index (χ3n) is 2.76. The lowest BCUT2D eigenvalue weighted by Crippen LogP contribution is -2.00. The highest BCUT2D eigenvalue weighted by Gasteiger charge is 2.01. The van der Waals surface area contributed by atoms with Gasteiger partial charge in [-0.3, -0.25) is 0 Å². The number of halogens is 1. The average Bonchev–Trinajstić information content (AvgIpc) is 2.81. The van der Waals surface area contributed by atoms with Crippen molar-refractivity contribution in [1.29, 1.82) is 0 Å². The summed E-state index contributed by atoms with van der Waals surface area (Å²) < 4.78 is 1.09. The molecule has 0 spiro atoms. The molecule has 3 nitrogen and oxygen atoms in total. The van der Waals surface area contributed by atoms with Gasteiger partial charge in [0.1, 0.15) is 0 Å². The van der Waals surface area contributed by atoms with Crippen LogP contribution in [0.25, 0.3) is 11.0 Å². The number of nitrogens with one attached hydrogen (secondary N) is 2. The van der Waals surface area contributed by atoms with Crippen LogP contribution >= 0.6 is 15.9 Å². The van der Waals surface area contributed by atoms with Gasteiger partial charge >= 0.3 is 0 Å². The summed E-state index contributed by atoms with van der Waals surface area (Å²) in [5, 5.41) is 3.29. The van der Waals surface area contributed by atoms with Gasteiger partial charge in [-0.1, -0.05) is 40.2 Å². The summed E-state index contributed by atoms with van der Waals surface area (Å²) in [5.74, 6) is 0.805. The van der Waals surface area contributed by atoms with Gasteiger partial charge in [-0.2, -0.15) is 0 Å². The Bertz CT molecular complexity index is 625. The number of nitrogens with zero attached hydrogens (tertiary/aromatic N) is 1. The zero-order chi connectivity index (χ0) is 12.4. The van der Waals surface area contributed by atoms with Gasteiger partial charge in [0.05, 0.1) is 11.0 Å². The van der Waals surface area contributed by atoms with Crippen molar-refractivity contribution in [2.75, 3.05) is 5.32 Å². The topological polar surface area (TPSA) is 40.7 Å². The van der Waals surface area contributed by atoms with Crippen molar-refractivity contribution in [2.24, 2.45) is 0 Å². The molecular formula is C14H12BrN3. The predicted molar refractivity (Wildman–Crippen MR) is 77.6 cm³/mol. The monoisotopic (exact) mass is 301 g/mol. The van der Waals surface area contributed by atoms with Crippen LogP contribution in [0.5, 0.6) is 0 Å². The molecule has 3 aromatic rings. The Balaban J connectivity index is 1.74. The molecule has 0 saturated heterocycles. The number of imidazole rings is 1. The van der Waals surface area contributed by atoms with Crippen LogP contribution in [0.4, 0.5) is 5.95 Å². The third-order valence-corrected chi connectivity index (χ3v) is 3.29. The Hall–Kier alpha value is -1.81. The lowest BCUT2D eigenvalue weighted by Gasteiger charge is -2.02. The van der Waals surface area contributed by atoms with Crippen LogP contribution in [-0.2, 0) is 6.54 Å². The minimum absolute atomic E-state index is 0.757. The fourth-order valence-electron chi connectivity index (χ4n) is 1.82. The second kappa shape index (κ2) is 4.82. The molecule has 0 unspecified atom stereocenters. The molecule has 1 heterocycles. The number of rotatable bonds is 3. The Kier molecular flexibility index (Phi) is 3.02. The second-order valence-electron chi connectivity index (χ2n) is 4.08. The largest absolute Gasteiger partial charge is 0.352 e. The fourth-order valence-corrected chi connectivity index (χ4v) is 2.09. The Labute approximate surface area is 113 Å². The summed E-state index contributed by atoms with van der Waals surface area (Å²) in [4.78, 5) is 7.72. The number of fused-ring (bicyclic) bond motifs is 1. The molecule has 0 aliphatic carbocycles. The molecule has 2 N–H and O–H groups in total. The van der Waals surface area contributed by atoms with Crippen molar-refractivity contribution in [3.05, 3.63) is 58.6 Å². The number of anilines is 1. The first-order valence-corrected chi connectivity index (χ1v) is 6.54. The smallest absolute Gasteiger partial charge is 0.201 e. The SMILES string of the molecule is Brc1ccc(CNc2nc3ccccc3[nH]2)cc1. The van der Waals surface area contributed by atoms with Gasteiger partial charge in [0.25, 0.3) is 0 Å². The van der Waals surface area contributed by atoms with E-state index in [-0.39, 0.29) is 0 Å². The molecule has 0 amide bonds. The van der Waals surface area contributed by atoms with Gasteiger partial charge in [0.2, 0.25) is 5.95 Å². The van der Waals surface area contributed by atoms with Gasteiger partial charge in [0, 0.05) is 11.0 Å². The van der Waals surface area contributed by atoms with Gasteiger partial charge in [-0.25, -0.2) is 4.98 Å². The molecule has 3 rings (SSSR count). The van der Waals surface area contributed by atoms with Crippen molar-refractivity contribution >= 4 is 32.9 Å². The van der Waals surface area contributed by atoms with E-state index >= 15 is 0 Å². The van der Waals surface area contributed by atoms with Crippen molar-refractivity contribution in [3.63, 3.8) is 0 Å². The summed E-state index contributed by atoms with van der Waals surface area (Å²) in [6.45, 7) is 0.757. The number of hydrogen-bond acceptors (Lipinski definition) is 2. The molecule has 4 heteroatoms. The van der Waals surface area contributed by atoms with Crippen molar-refractivity contribution in [3.8, 4) is 0 Å². The van der Waals surface area contributed by atoms with Gasteiger partial charge in [0.15, 0.2) is 0 Å². The minimum Gasteiger partial charge on any atom is -0.352 e. The van der Waals surface area contributed by atoms with E-state index in [4.69, 9.17) is 0 Å². The summed E-state index contributed by atoms with van der Waals surface area (Å²) in [5.41, 5.74) is 3.25. The zero-order valence-electron chi connectivity index (χ0n) is 9.65. The first kappa shape index (κ1) is 11.3. The molecule has 90 valence electrons. The highest BCUT2D eigenvalue weighted by molar-refractivity contribution is 9.10. The summed E-state index contributed by atoms with van der Waals surface area (Å²) >= 11 is 3.43. The number of aromatic nitrogens is 2. The van der Waals surface area contributed by atoms with Crippen molar-refractivity contribution in [2.45, 2.75) is 6.54 Å². The molecule has 1 aromatic heterocycles. The lowest BCUT2D eigenvalue weighted by atomic mass is 10.2. The number of para-hydroxylation sites is 2. The number of hydrogen-bond donors (Lipinski definition) is 2. The Morgan fingerprint density at radius 2 is 1.83 bits per heavy atom. The number of benzene rings is 2. The Morgan fingerprint density at radius 1 is 1.06 bits per heavy atom. The molecule has 0 atom stereocenters. The van der Waals surface area contributed by atoms with Crippen LogP contribution in [0.2, 0.25) is 0 Å². The number of aromatic amines is 1. The molecule has 0 fully saturated rings. The van der Waals surface area contributed by atoms with Crippen LogP contribution in [0.15, 0.2) is 53.0 Å². The molecule has 0 radical (unpaired) electrons. The predicted octanol–water partition coefficient (Wildman–Crippen LogP) is 3.94. The van der Waals surface area contributed by atoms with Gasteiger partial charge < -0.3 is 10.3 Å². The minimum atomic E-state index is 0.757. The number of H-pyrrole nitrogens is 1. The van der Waals surface area contributed by atoms with E-state index in [9.17, 15) is 0 Å². The van der Waals surface area contributed by atoms with E-state index in [0.29, 0.717) is 0 Å². The maximum atomic E-state index is 4.47. The maximum Gasteiger partial charge on any atom is 0.201 e. The molecule has 0 aliphatic rings. The van der Waals surface area contributed by atoms with E-state index in [1.54, 1.807) is 0 Å². The van der Waals surface area contributed by atoms with E-state index in [2.05, 4.69) is 43.3 Å². The van der Waals surface area contributed by atoms with Crippen LogP contribution in [0.1, 0.15) is 5.56 Å². The molecule has 2 aromatic carbocycles. The summed E-state index contributed by atoms with van der Waals surface area (Å²) in [6.07, 6.45) is 0. The lowest BCUT2D eigenvalue weighted by molar-refractivity contribution is 1.10. The van der Waals surface area contributed by atoms with Crippen LogP contribution in [0, 0.1) is 0 Å². The average molecular weight is 302 g/mol. The maximum absolute atomic E-state index is 4.47. The molecule has 18 heavy (non-hydrogen) atoms. The van der Waals surface area contributed by atoms with E-state index in [1.807, 2.05) is 36.4 Å². The molecule has 0 saturated carbocycles. The van der Waals surface area contributed by atoms with Crippen LogP contribution in [-0.4, -0.2) is 9.97 Å². The highest BCUT2D eigenvalue weighted by atomic mass is 79.9. The highest BCUT2D eigenvalue weighted by Crippen LogP contribution is 2.15. The van der Waals surface area contributed by atoms with Gasteiger partial charge in [-0.05, 0) is 29.8 Å². The van der Waals surface area contributed by atoms with Gasteiger partial charge in [-0.15, -0.1) is 0 Å². The molecule has 0 aliphatic heterocycles. The standard InChI is InChI=1S/C14H12BrN3/c15-11-7-5-10(6-8-11)9-16-14-17-12-3-1-2-4-13(12)18-14/h1-8H,9H2,(H2,16,17,18). The van der Waals surface area contributed by atoms with Crippen molar-refractivity contribution in [1.82, 2.24) is 9.97 Å². The summed E-state index contributed by atoms with van der Waals surface area (Å²) in [7, 11) is 0. The third kappa shape index (κ3) is 2.38. The quantitative estimate of drug-likeness (QED) is 0.769. The van der Waals surface area contributed by atoms with Crippen LogP contribution < -0.4 is 5.32 Å². The van der Waals surface area contributed by atoms with E-state index in [1.165, 1.54) is 5.56 Å². The summed E-state index contributed by atoms with van der Waals surface area (Å²) in [6, 6.07) is 16.2. The Morgan fingerprint density at radius 3 is 2.61 bits per heavy atom. The fraction of sp³-hybridized carbons (Fsp3) is 0.0714.